The van der Waals surface area contributed by atoms with Crippen molar-refractivity contribution in [3.63, 3.8) is 0 Å². The minimum absolute atomic E-state index is 0.0986. The van der Waals surface area contributed by atoms with Gasteiger partial charge < -0.3 is 14.0 Å². The van der Waals surface area contributed by atoms with Crippen molar-refractivity contribution in [2.24, 2.45) is 0 Å². The highest BCUT2D eigenvalue weighted by Gasteiger charge is 2.13. The van der Waals surface area contributed by atoms with E-state index in [1.807, 2.05) is 12.1 Å². The van der Waals surface area contributed by atoms with Crippen LogP contribution in [0.1, 0.15) is 5.82 Å². The van der Waals surface area contributed by atoms with Crippen molar-refractivity contribution in [3.8, 4) is 5.75 Å². The van der Waals surface area contributed by atoms with E-state index >= 15 is 0 Å². The summed E-state index contributed by atoms with van der Waals surface area (Å²) in [5.74, 6) is 1.24. The number of aromatic nitrogens is 2. The van der Waals surface area contributed by atoms with E-state index in [1.165, 1.54) is 7.11 Å². The number of rotatable bonds is 4. The maximum atomic E-state index is 11.4. The van der Waals surface area contributed by atoms with Gasteiger partial charge in [0.25, 0.3) is 0 Å². The van der Waals surface area contributed by atoms with Crippen molar-refractivity contribution in [1.29, 1.82) is 0 Å². The lowest BCUT2D eigenvalue weighted by Gasteiger charge is -2.06. The van der Waals surface area contributed by atoms with Gasteiger partial charge in [-0.15, -0.1) is 11.6 Å². The summed E-state index contributed by atoms with van der Waals surface area (Å²) in [6, 6.07) is 5.47. The van der Waals surface area contributed by atoms with Crippen LogP contribution in [0.25, 0.3) is 11.0 Å². The SMILES string of the molecule is COC(=O)Cn1c(CCl)nc2cc(OC)ccc21. The standard InChI is InChI=1S/C12H13ClN2O3/c1-17-8-3-4-10-9(5-8)14-11(6-13)15(10)7-12(16)18-2/h3-5H,6-7H2,1-2H3. The van der Waals surface area contributed by atoms with E-state index in [4.69, 9.17) is 16.3 Å². The van der Waals surface area contributed by atoms with Gasteiger partial charge in [0.1, 0.15) is 18.1 Å². The quantitative estimate of drug-likeness (QED) is 0.628. The number of ether oxygens (including phenoxy) is 2. The Kier molecular flexibility index (Phi) is 3.72. The molecular weight excluding hydrogens is 256 g/mol. The van der Waals surface area contributed by atoms with Crippen molar-refractivity contribution in [2.75, 3.05) is 14.2 Å². The Balaban J connectivity index is 2.52. The van der Waals surface area contributed by atoms with Gasteiger partial charge in [0.15, 0.2) is 0 Å². The molecule has 0 aliphatic rings. The summed E-state index contributed by atoms with van der Waals surface area (Å²) in [7, 11) is 2.94. The fourth-order valence-electron chi connectivity index (χ4n) is 1.76. The van der Waals surface area contributed by atoms with Crippen LogP contribution in [0.4, 0.5) is 0 Å². The Morgan fingerprint density at radius 1 is 1.44 bits per heavy atom. The van der Waals surface area contributed by atoms with Crippen molar-refractivity contribution in [1.82, 2.24) is 9.55 Å². The molecular formula is C12H13ClN2O3. The van der Waals surface area contributed by atoms with Crippen LogP contribution in [0.15, 0.2) is 18.2 Å². The van der Waals surface area contributed by atoms with Crippen molar-refractivity contribution < 1.29 is 14.3 Å². The van der Waals surface area contributed by atoms with Crippen molar-refractivity contribution in [2.45, 2.75) is 12.4 Å². The molecule has 0 bridgehead atoms. The first-order valence-corrected chi connectivity index (χ1v) is 5.89. The number of hydrogen-bond donors (Lipinski definition) is 0. The molecule has 0 fully saturated rings. The van der Waals surface area contributed by atoms with E-state index in [0.29, 0.717) is 11.6 Å². The maximum Gasteiger partial charge on any atom is 0.325 e. The lowest BCUT2D eigenvalue weighted by molar-refractivity contribution is -0.141. The van der Waals surface area contributed by atoms with E-state index < -0.39 is 0 Å². The first-order chi connectivity index (χ1) is 8.69. The Morgan fingerprint density at radius 3 is 2.83 bits per heavy atom. The summed E-state index contributed by atoms with van der Waals surface area (Å²) in [6.45, 7) is 0.0986. The minimum Gasteiger partial charge on any atom is -0.497 e. The lowest BCUT2D eigenvalue weighted by Crippen LogP contribution is -2.13. The van der Waals surface area contributed by atoms with Crippen LogP contribution < -0.4 is 4.74 Å². The van der Waals surface area contributed by atoms with Gasteiger partial charge >= 0.3 is 5.97 Å². The number of halogens is 1. The molecule has 2 rings (SSSR count). The first kappa shape index (κ1) is 12.7. The molecule has 6 heteroatoms. The normalized spacial score (nSPS) is 10.6. The second-order valence-electron chi connectivity index (χ2n) is 3.68. The summed E-state index contributed by atoms with van der Waals surface area (Å²) in [4.78, 5) is 15.7. The summed E-state index contributed by atoms with van der Waals surface area (Å²) in [5.41, 5.74) is 1.57. The number of imidazole rings is 1. The molecule has 0 aliphatic carbocycles. The smallest absolute Gasteiger partial charge is 0.325 e. The molecule has 0 radical (unpaired) electrons. The van der Waals surface area contributed by atoms with Gasteiger partial charge in [-0.05, 0) is 12.1 Å². The second kappa shape index (κ2) is 5.27. The molecule has 0 saturated heterocycles. The fourth-order valence-corrected chi connectivity index (χ4v) is 1.96. The van der Waals surface area contributed by atoms with Crippen LogP contribution >= 0.6 is 11.6 Å². The Hall–Kier alpha value is -1.75. The van der Waals surface area contributed by atoms with Crippen molar-refractivity contribution >= 4 is 28.6 Å². The third kappa shape index (κ3) is 2.26. The Bertz CT molecular complexity index is 580. The third-order valence-electron chi connectivity index (χ3n) is 2.67. The van der Waals surface area contributed by atoms with Gasteiger partial charge in [-0.25, -0.2) is 4.98 Å². The molecule has 0 amide bonds. The molecule has 0 spiro atoms. The molecule has 5 nitrogen and oxygen atoms in total. The number of hydrogen-bond acceptors (Lipinski definition) is 4. The van der Waals surface area contributed by atoms with Crippen LogP contribution in [0.2, 0.25) is 0 Å². The van der Waals surface area contributed by atoms with Crippen LogP contribution in [-0.4, -0.2) is 29.7 Å². The highest BCUT2D eigenvalue weighted by molar-refractivity contribution is 6.16. The minimum atomic E-state index is -0.337. The molecule has 0 saturated carbocycles. The molecule has 1 aromatic heterocycles. The van der Waals surface area contributed by atoms with Gasteiger partial charge in [-0.1, -0.05) is 0 Å². The summed E-state index contributed by atoms with van der Waals surface area (Å²) < 4.78 is 11.5. The van der Waals surface area contributed by atoms with Crippen LogP contribution in [0.5, 0.6) is 5.75 Å². The molecule has 2 aromatic rings. The van der Waals surface area contributed by atoms with E-state index in [9.17, 15) is 4.79 Å². The molecule has 1 heterocycles. The van der Waals surface area contributed by atoms with Gasteiger partial charge in [0, 0.05) is 6.07 Å². The largest absolute Gasteiger partial charge is 0.497 e. The second-order valence-corrected chi connectivity index (χ2v) is 3.95. The molecule has 1 aromatic carbocycles. The lowest BCUT2D eigenvalue weighted by atomic mass is 10.3. The van der Waals surface area contributed by atoms with Crippen LogP contribution in [0.3, 0.4) is 0 Å². The predicted octanol–water partition coefficient (Wildman–Crippen LogP) is 1.96. The molecule has 96 valence electrons. The number of fused-ring (bicyclic) bond motifs is 1. The highest BCUT2D eigenvalue weighted by atomic mass is 35.5. The zero-order chi connectivity index (χ0) is 13.1. The highest BCUT2D eigenvalue weighted by Crippen LogP contribution is 2.22. The predicted molar refractivity (Wildman–Crippen MR) is 67.9 cm³/mol. The van der Waals surface area contributed by atoms with Gasteiger partial charge in [0.2, 0.25) is 0 Å². The van der Waals surface area contributed by atoms with E-state index in [2.05, 4.69) is 9.72 Å². The number of alkyl halides is 1. The molecule has 18 heavy (non-hydrogen) atoms. The van der Waals surface area contributed by atoms with Crippen LogP contribution in [-0.2, 0) is 22.0 Å². The number of esters is 1. The average molecular weight is 269 g/mol. The molecule has 0 aliphatic heterocycles. The number of benzene rings is 1. The monoisotopic (exact) mass is 268 g/mol. The van der Waals surface area contributed by atoms with Crippen molar-refractivity contribution in [3.05, 3.63) is 24.0 Å². The van der Waals surface area contributed by atoms with Gasteiger partial charge in [-0.2, -0.15) is 0 Å². The molecule has 0 atom stereocenters. The average Bonchev–Trinajstić information content (AvgIpc) is 2.75. The number of nitrogens with zero attached hydrogens (tertiary/aromatic N) is 2. The molecule has 0 unspecified atom stereocenters. The molecule has 0 N–H and O–H groups in total. The third-order valence-corrected chi connectivity index (χ3v) is 2.91. The van der Waals surface area contributed by atoms with Gasteiger partial charge in [-0.3, -0.25) is 4.79 Å². The van der Waals surface area contributed by atoms with E-state index in [0.717, 1.165) is 11.0 Å². The topological polar surface area (TPSA) is 53.4 Å². The number of carbonyl (C=O) groups excluding carboxylic acids is 1. The Morgan fingerprint density at radius 2 is 2.22 bits per heavy atom. The number of methoxy groups -OCH3 is 2. The zero-order valence-corrected chi connectivity index (χ0v) is 10.9. The zero-order valence-electron chi connectivity index (χ0n) is 10.1. The first-order valence-electron chi connectivity index (χ1n) is 5.35. The Labute approximate surface area is 109 Å². The fraction of sp³-hybridized carbons (Fsp3) is 0.333. The van der Waals surface area contributed by atoms with E-state index in [1.54, 1.807) is 17.7 Å². The van der Waals surface area contributed by atoms with E-state index in [-0.39, 0.29) is 18.4 Å². The van der Waals surface area contributed by atoms with Gasteiger partial charge in [0.05, 0.1) is 31.1 Å². The maximum absolute atomic E-state index is 11.4. The summed E-state index contributed by atoms with van der Waals surface area (Å²) in [6.07, 6.45) is 0. The van der Waals surface area contributed by atoms with Crippen LogP contribution in [0, 0.1) is 0 Å². The number of carbonyl (C=O) groups is 1. The summed E-state index contributed by atoms with van der Waals surface area (Å²) in [5, 5.41) is 0. The summed E-state index contributed by atoms with van der Waals surface area (Å²) >= 11 is 5.84.